The SMILES string of the molecule is C=C(C)C(=O)CC(O)(OCC)C(=O)C(=C)C. The van der Waals surface area contributed by atoms with Gasteiger partial charge < -0.3 is 9.84 Å². The highest BCUT2D eigenvalue weighted by Crippen LogP contribution is 2.19. The van der Waals surface area contributed by atoms with Crippen LogP contribution < -0.4 is 0 Å². The van der Waals surface area contributed by atoms with Crippen LogP contribution in [0.2, 0.25) is 0 Å². The summed E-state index contributed by atoms with van der Waals surface area (Å²) in [6.07, 6.45) is -0.429. The molecule has 0 aromatic rings. The number of ether oxygens (including phenoxy) is 1. The first-order valence-electron chi connectivity index (χ1n) is 5.00. The summed E-state index contributed by atoms with van der Waals surface area (Å²) in [4.78, 5) is 23.1. The molecule has 0 aromatic carbocycles. The van der Waals surface area contributed by atoms with Crippen LogP contribution in [0.1, 0.15) is 27.2 Å². The number of Topliss-reactive ketones (excluding diaryl/α,β-unsaturated/α-hetero) is 2. The van der Waals surface area contributed by atoms with Crippen molar-refractivity contribution in [3.8, 4) is 0 Å². The van der Waals surface area contributed by atoms with Crippen molar-refractivity contribution < 1.29 is 19.4 Å². The van der Waals surface area contributed by atoms with Gasteiger partial charge in [-0.25, -0.2) is 0 Å². The summed E-state index contributed by atoms with van der Waals surface area (Å²) in [7, 11) is 0. The van der Waals surface area contributed by atoms with E-state index in [4.69, 9.17) is 4.74 Å². The van der Waals surface area contributed by atoms with Crippen LogP contribution in [0.15, 0.2) is 24.3 Å². The van der Waals surface area contributed by atoms with Crippen LogP contribution in [-0.4, -0.2) is 29.1 Å². The highest BCUT2D eigenvalue weighted by atomic mass is 16.6. The zero-order valence-electron chi connectivity index (χ0n) is 10.0. The zero-order chi connectivity index (χ0) is 12.9. The van der Waals surface area contributed by atoms with E-state index < -0.39 is 23.8 Å². The smallest absolute Gasteiger partial charge is 0.238 e. The van der Waals surface area contributed by atoms with Gasteiger partial charge in [-0.2, -0.15) is 0 Å². The number of carbonyl (C=O) groups excluding carboxylic acids is 2. The van der Waals surface area contributed by atoms with Crippen molar-refractivity contribution in [3.05, 3.63) is 24.3 Å². The first-order valence-corrected chi connectivity index (χ1v) is 5.00. The van der Waals surface area contributed by atoms with E-state index in [2.05, 4.69) is 13.2 Å². The van der Waals surface area contributed by atoms with Gasteiger partial charge in [0.25, 0.3) is 0 Å². The molecule has 0 aliphatic carbocycles. The minimum atomic E-state index is -2.11. The van der Waals surface area contributed by atoms with Crippen molar-refractivity contribution in [1.82, 2.24) is 0 Å². The van der Waals surface area contributed by atoms with E-state index in [0.29, 0.717) is 0 Å². The fourth-order valence-electron chi connectivity index (χ4n) is 1.14. The summed E-state index contributed by atoms with van der Waals surface area (Å²) in [6, 6.07) is 0. The lowest BCUT2D eigenvalue weighted by Gasteiger charge is -2.25. The average molecular weight is 226 g/mol. The molecule has 0 amide bonds. The molecule has 1 N–H and O–H groups in total. The number of hydrogen-bond acceptors (Lipinski definition) is 4. The Bertz CT molecular complexity index is 330. The molecule has 0 saturated carbocycles. The van der Waals surface area contributed by atoms with Gasteiger partial charge in [0.2, 0.25) is 11.6 Å². The topological polar surface area (TPSA) is 63.6 Å². The molecule has 90 valence electrons. The largest absolute Gasteiger partial charge is 0.359 e. The molecule has 16 heavy (non-hydrogen) atoms. The van der Waals surface area contributed by atoms with Crippen LogP contribution >= 0.6 is 0 Å². The van der Waals surface area contributed by atoms with Crippen LogP contribution in [0.3, 0.4) is 0 Å². The predicted molar refractivity (Wildman–Crippen MR) is 60.8 cm³/mol. The molecule has 0 aromatic heterocycles. The highest BCUT2D eigenvalue weighted by Gasteiger charge is 2.39. The third-order valence-electron chi connectivity index (χ3n) is 2.00. The molecule has 0 heterocycles. The first-order chi connectivity index (χ1) is 7.24. The Kier molecular flexibility index (Phi) is 5.27. The summed E-state index contributed by atoms with van der Waals surface area (Å²) >= 11 is 0. The van der Waals surface area contributed by atoms with E-state index >= 15 is 0 Å². The number of rotatable bonds is 7. The fraction of sp³-hybridized carbons (Fsp3) is 0.500. The average Bonchev–Trinajstić information content (AvgIpc) is 2.16. The summed E-state index contributed by atoms with van der Waals surface area (Å²) < 4.78 is 4.96. The summed E-state index contributed by atoms with van der Waals surface area (Å²) in [5.41, 5.74) is 0.415. The predicted octanol–water partition coefficient (Wildman–Crippen LogP) is 1.39. The van der Waals surface area contributed by atoms with Gasteiger partial charge in [0.05, 0.1) is 6.42 Å². The molecule has 4 nitrogen and oxygen atoms in total. The van der Waals surface area contributed by atoms with Crippen LogP contribution in [0.25, 0.3) is 0 Å². The molecule has 0 radical (unpaired) electrons. The maximum Gasteiger partial charge on any atom is 0.238 e. The minimum absolute atomic E-state index is 0.124. The molecule has 0 fully saturated rings. The number of hydrogen-bond donors (Lipinski definition) is 1. The van der Waals surface area contributed by atoms with Gasteiger partial charge in [0.1, 0.15) is 0 Å². The van der Waals surface area contributed by atoms with Gasteiger partial charge in [-0.3, -0.25) is 9.59 Å². The quantitative estimate of drug-likeness (QED) is 0.526. The van der Waals surface area contributed by atoms with Crippen molar-refractivity contribution in [2.45, 2.75) is 33.0 Å². The molecule has 4 heteroatoms. The second kappa shape index (κ2) is 5.72. The lowest BCUT2D eigenvalue weighted by atomic mass is 9.98. The molecule has 0 saturated heterocycles. The molecule has 0 bridgehead atoms. The lowest BCUT2D eigenvalue weighted by molar-refractivity contribution is -0.202. The van der Waals surface area contributed by atoms with Gasteiger partial charge in [0.15, 0.2) is 5.78 Å². The normalized spacial score (nSPS) is 14.0. The molecule has 0 spiro atoms. The third kappa shape index (κ3) is 3.72. The minimum Gasteiger partial charge on any atom is -0.359 e. The second-order valence-electron chi connectivity index (χ2n) is 3.71. The Morgan fingerprint density at radius 1 is 1.25 bits per heavy atom. The molecule has 0 rings (SSSR count). The van der Waals surface area contributed by atoms with Crippen molar-refractivity contribution in [1.29, 1.82) is 0 Å². The Hall–Kier alpha value is -1.26. The summed E-state index contributed by atoms with van der Waals surface area (Å²) in [5.74, 6) is -3.20. The molecule has 1 atom stereocenters. The number of allylic oxidation sites excluding steroid dienone is 1. The Morgan fingerprint density at radius 3 is 2.06 bits per heavy atom. The summed E-state index contributed by atoms with van der Waals surface area (Å²) in [5, 5.41) is 9.97. The standard InChI is InChI=1S/C12H18O4/c1-6-16-12(15,11(14)9(4)5)7-10(13)8(2)3/h15H,2,4,6-7H2,1,3,5H3. The fourth-order valence-corrected chi connectivity index (χ4v) is 1.14. The van der Waals surface area contributed by atoms with Crippen LogP contribution in [0, 0.1) is 0 Å². The monoisotopic (exact) mass is 226 g/mol. The van der Waals surface area contributed by atoms with Crippen LogP contribution in [0.5, 0.6) is 0 Å². The molecule has 0 aliphatic rings. The molecular weight excluding hydrogens is 208 g/mol. The second-order valence-corrected chi connectivity index (χ2v) is 3.71. The first kappa shape index (κ1) is 14.7. The van der Waals surface area contributed by atoms with E-state index in [1.165, 1.54) is 13.8 Å². The van der Waals surface area contributed by atoms with E-state index in [1.807, 2.05) is 0 Å². The van der Waals surface area contributed by atoms with Crippen molar-refractivity contribution in [2.75, 3.05) is 6.61 Å². The maximum atomic E-state index is 11.7. The van der Waals surface area contributed by atoms with E-state index in [1.54, 1.807) is 6.92 Å². The van der Waals surface area contributed by atoms with Crippen molar-refractivity contribution >= 4 is 11.6 Å². The highest BCUT2D eigenvalue weighted by molar-refractivity contribution is 6.04. The molecule has 0 aliphatic heterocycles. The third-order valence-corrected chi connectivity index (χ3v) is 2.00. The van der Waals surface area contributed by atoms with E-state index in [0.717, 1.165) is 0 Å². The lowest BCUT2D eigenvalue weighted by Crippen LogP contribution is -2.44. The van der Waals surface area contributed by atoms with Crippen LogP contribution in [0.4, 0.5) is 0 Å². The van der Waals surface area contributed by atoms with Gasteiger partial charge in [0, 0.05) is 6.61 Å². The Balaban J connectivity index is 4.96. The number of aliphatic hydroxyl groups is 1. The van der Waals surface area contributed by atoms with E-state index in [-0.39, 0.29) is 17.8 Å². The Labute approximate surface area is 95.6 Å². The molecular formula is C12H18O4. The Morgan fingerprint density at radius 2 is 1.75 bits per heavy atom. The molecule has 1 unspecified atom stereocenters. The number of carbonyl (C=O) groups is 2. The van der Waals surface area contributed by atoms with Crippen molar-refractivity contribution in [2.24, 2.45) is 0 Å². The van der Waals surface area contributed by atoms with Gasteiger partial charge in [-0.1, -0.05) is 13.2 Å². The van der Waals surface area contributed by atoms with E-state index in [9.17, 15) is 14.7 Å². The zero-order valence-corrected chi connectivity index (χ0v) is 10.0. The van der Waals surface area contributed by atoms with Gasteiger partial charge in [-0.05, 0) is 31.9 Å². The maximum absolute atomic E-state index is 11.7. The van der Waals surface area contributed by atoms with Gasteiger partial charge >= 0.3 is 0 Å². The summed E-state index contributed by atoms with van der Waals surface area (Å²) in [6.45, 7) is 11.6. The van der Waals surface area contributed by atoms with Crippen molar-refractivity contribution in [3.63, 3.8) is 0 Å². The number of ketones is 2. The van der Waals surface area contributed by atoms with Crippen LogP contribution in [-0.2, 0) is 14.3 Å². The van der Waals surface area contributed by atoms with Gasteiger partial charge in [-0.15, -0.1) is 0 Å².